The van der Waals surface area contributed by atoms with Gasteiger partial charge in [-0.15, -0.1) is 0 Å². The minimum absolute atomic E-state index is 0.00775. The summed E-state index contributed by atoms with van der Waals surface area (Å²) in [6.07, 6.45) is 6.92. The van der Waals surface area contributed by atoms with Crippen molar-refractivity contribution in [2.24, 2.45) is 0 Å². The molecule has 3 aliphatic heterocycles. The zero-order chi connectivity index (χ0) is 34.4. The summed E-state index contributed by atoms with van der Waals surface area (Å²) in [5, 5.41) is 1.74. The minimum atomic E-state index is -0.922. The summed E-state index contributed by atoms with van der Waals surface area (Å²) in [6.45, 7) is 4.76. The van der Waals surface area contributed by atoms with Crippen LogP contribution in [0.2, 0.25) is 0 Å². The van der Waals surface area contributed by atoms with Gasteiger partial charge in [0, 0.05) is 63.5 Å². The van der Waals surface area contributed by atoms with Crippen molar-refractivity contribution < 1.29 is 22.7 Å². The Morgan fingerprint density at radius 1 is 1.12 bits per heavy atom. The van der Waals surface area contributed by atoms with Crippen molar-refractivity contribution in [2.45, 2.75) is 50.4 Å². The van der Waals surface area contributed by atoms with Gasteiger partial charge in [-0.3, -0.25) is 14.7 Å². The highest BCUT2D eigenvalue weighted by Crippen LogP contribution is 2.41. The fourth-order valence-electron chi connectivity index (χ4n) is 7.82. The van der Waals surface area contributed by atoms with Crippen LogP contribution in [0.15, 0.2) is 48.7 Å². The van der Waals surface area contributed by atoms with Gasteiger partial charge in [0.15, 0.2) is 5.82 Å². The first-order valence-corrected chi connectivity index (χ1v) is 16.9. The van der Waals surface area contributed by atoms with E-state index < -0.39 is 17.5 Å². The zero-order valence-corrected chi connectivity index (χ0v) is 28.4. The van der Waals surface area contributed by atoms with Crippen LogP contribution in [0.4, 0.5) is 19.0 Å². The number of likely N-dealkylation sites (N-methyl/N-ethyl adjacent to an activating group) is 2. The summed E-state index contributed by atoms with van der Waals surface area (Å²) < 4.78 is 52.3. The van der Waals surface area contributed by atoms with E-state index in [0.29, 0.717) is 66.7 Å². The van der Waals surface area contributed by atoms with Crippen molar-refractivity contribution in [3.63, 3.8) is 0 Å². The first-order valence-electron chi connectivity index (χ1n) is 16.9. The van der Waals surface area contributed by atoms with Crippen LogP contribution < -0.4 is 9.64 Å². The Morgan fingerprint density at radius 3 is 2.78 bits per heavy atom. The first-order chi connectivity index (χ1) is 23.5. The van der Waals surface area contributed by atoms with E-state index in [4.69, 9.17) is 9.72 Å². The molecule has 3 fully saturated rings. The van der Waals surface area contributed by atoms with Gasteiger partial charge in [0.2, 0.25) is 5.91 Å². The molecule has 7 rings (SSSR count). The van der Waals surface area contributed by atoms with Crippen LogP contribution in [0.1, 0.15) is 31.2 Å². The highest BCUT2D eigenvalue weighted by atomic mass is 19.1. The van der Waals surface area contributed by atoms with Crippen LogP contribution in [-0.4, -0.2) is 114 Å². The lowest BCUT2D eigenvalue weighted by molar-refractivity contribution is -0.125. The van der Waals surface area contributed by atoms with Crippen molar-refractivity contribution in [1.29, 1.82) is 0 Å². The third-order valence-electron chi connectivity index (χ3n) is 10.5. The number of hydrogen-bond acceptors (Lipinski definition) is 8. The van der Waals surface area contributed by atoms with Crippen LogP contribution in [0.5, 0.6) is 6.01 Å². The second kappa shape index (κ2) is 13.2. The van der Waals surface area contributed by atoms with Crippen LogP contribution in [-0.2, 0) is 4.79 Å². The van der Waals surface area contributed by atoms with Gasteiger partial charge in [0.05, 0.1) is 10.9 Å². The van der Waals surface area contributed by atoms with Crippen LogP contribution in [0, 0.1) is 18.6 Å². The molecule has 0 aliphatic carbocycles. The molecule has 3 saturated heterocycles. The maximum absolute atomic E-state index is 16.8. The number of hydrogen-bond donors (Lipinski definition) is 0. The van der Waals surface area contributed by atoms with E-state index in [1.165, 1.54) is 6.07 Å². The lowest BCUT2D eigenvalue weighted by atomic mass is 9.95. The quantitative estimate of drug-likeness (QED) is 0.215. The van der Waals surface area contributed by atoms with E-state index in [0.717, 1.165) is 24.8 Å². The molecular weight excluding hydrogens is 631 g/mol. The molecule has 1 amide bonds. The summed E-state index contributed by atoms with van der Waals surface area (Å²) in [5.74, 6) is -0.689. The molecule has 49 heavy (non-hydrogen) atoms. The number of fused-ring (bicyclic) bond motifs is 3. The second-order valence-electron chi connectivity index (χ2n) is 14.0. The van der Waals surface area contributed by atoms with Gasteiger partial charge in [0.1, 0.15) is 35.6 Å². The summed E-state index contributed by atoms with van der Waals surface area (Å²) in [7, 11) is 5.76. The zero-order valence-electron chi connectivity index (χ0n) is 28.4. The molecule has 0 spiro atoms. The molecule has 0 N–H and O–H groups in total. The number of aryl methyl sites for hydroxylation is 1. The Hall–Kier alpha value is -4.29. The maximum Gasteiger partial charge on any atom is 0.319 e. The third kappa shape index (κ3) is 6.20. The Bertz CT molecular complexity index is 1940. The Labute approximate surface area is 284 Å². The number of amides is 1. The van der Waals surface area contributed by atoms with Crippen molar-refractivity contribution in [1.82, 2.24) is 29.7 Å². The number of alkyl halides is 1. The first kappa shape index (κ1) is 33.2. The number of carbonyl (C=O) groups is 1. The van der Waals surface area contributed by atoms with E-state index in [1.54, 1.807) is 42.3 Å². The van der Waals surface area contributed by atoms with Crippen LogP contribution in [0.25, 0.3) is 32.9 Å². The smallest absolute Gasteiger partial charge is 0.319 e. The van der Waals surface area contributed by atoms with Gasteiger partial charge in [-0.25, -0.2) is 13.2 Å². The monoisotopic (exact) mass is 673 g/mol. The predicted octanol–water partition coefficient (Wildman–Crippen LogP) is 5.54. The molecular formula is C37H42F3N7O2. The number of aromatic nitrogens is 3. The van der Waals surface area contributed by atoms with E-state index in [1.807, 2.05) is 43.1 Å². The number of ether oxygens (including phenoxy) is 1. The molecule has 0 bridgehead atoms. The third-order valence-corrected chi connectivity index (χ3v) is 10.5. The van der Waals surface area contributed by atoms with E-state index in [-0.39, 0.29) is 41.6 Å². The highest BCUT2D eigenvalue weighted by Gasteiger charge is 2.49. The fraction of sp³-hybridized carbons (Fsp3) is 0.459. The molecule has 9 nitrogen and oxygen atoms in total. The summed E-state index contributed by atoms with van der Waals surface area (Å²) in [4.78, 5) is 34.8. The van der Waals surface area contributed by atoms with Crippen molar-refractivity contribution in [3.8, 4) is 17.3 Å². The maximum atomic E-state index is 16.8. The van der Waals surface area contributed by atoms with Gasteiger partial charge in [-0.1, -0.05) is 30.3 Å². The van der Waals surface area contributed by atoms with E-state index in [2.05, 4.69) is 14.9 Å². The normalized spacial score (nSPS) is 22.7. The van der Waals surface area contributed by atoms with Crippen molar-refractivity contribution in [3.05, 3.63) is 65.9 Å². The fourth-order valence-corrected chi connectivity index (χ4v) is 7.82. The molecule has 0 saturated carbocycles. The average Bonchev–Trinajstić information content (AvgIpc) is 3.80. The molecule has 5 heterocycles. The second-order valence-corrected chi connectivity index (χ2v) is 14.0. The summed E-state index contributed by atoms with van der Waals surface area (Å²) in [6, 6.07) is 8.35. The van der Waals surface area contributed by atoms with Crippen molar-refractivity contribution >= 4 is 33.4 Å². The lowest BCUT2D eigenvalue weighted by Crippen LogP contribution is -2.43. The number of nitrogens with zero attached hydrogens (tertiary/aromatic N) is 7. The molecule has 0 unspecified atom stereocenters. The summed E-state index contributed by atoms with van der Waals surface area (Å²) in [5.41, 5.74) is 0.488. The molecule has 3 atom stereocenters. The lowest BCUT2D eigenvalue weighted by Gasteiger charge is -2.31. The minimum Gasteiger partial charge on any atom is -0.461 e. The van der Waals surface area contributed by atoms with E-state index >= 15 is 4.39 Å². The molecule has 3 aliphatic rings. The van der Waals surface area contributed by atoms with Crippen LogP contribution in [0.3, 0.4) is 0 Å². The standard InChI is InChI=1S/C37H42F3N7O2/c1-23-29(39)12-11-24-8-5-9-27(31(23)24)33-32(40)34-28(19-41-33)35(45(4)26-13-17-46(21-26)30(48)10-6-15-44(2)3)43-36(42-34)49-22-37-14-7-16-47(37)20-25(38)18-37/h5-6,8-12,19,25-26H,7,13-18,20-22H2,1-4H3/b10-6+/t25-,26-,37+/m1/s1. The molecule has 2 aromatic carbocycles. The van der Waals surface area contributed by atoms with Crippen LogP contribution >= 0.6 is 0 Å². The highest BCUT2D eigenvalue weighted by molar-refractivity contribution is 6.00. The van der Waals surface area contributed by atoms with Gasteiger partial charge in [0.25, 0.3) is 0 Å². The SMILES string of the molecule is Cc1c(F)ccc2cccc(-c3ncc4c(N(C)[C@@H]5CCN(C(=O)/C=C/CN(C)C)C5)nc(OC[C@@]56CCCN5C[C@H](F)C6)nc4c3F)c12. The number of rotatable bonds is 9. The number of halogens is 3. The number of benzene rings is 2. The molecule has 258 valence electrons. The molecule has 2 aromatic heterocycles. The predicted molar refractivity (Wildman–Crippen MR) is 185 cm³/mol. The molecule has 0 radical (unpaired) electrons. The number of pyridine rings is 1. The Kier molecular flexibility index (Phi) is 8.95. The average molecular weight is 674 g/mol. The molecule has 4 aromatic rings. The number of anilines is 1. The van der Waals surface area contributed by atoms with Gasteiger partial charge in [-0.05, 0) is 69.2 Å². The van der Waals surface area contributed by atoms with Gasteiger partial charge < -0.3 is 19.4 Å². The number of likely N-dealkylation sites (tertiary alicyclic amines) is 1. The van der Waals surface area contributed by atoms with Gasteiger partial charge in [-0.2, -0.15) is 9.97 Å². The molecule has 12 heteroatoms. The van der Waals surface area contributed by atoms with Crippen molar-refractivity contribution in [2.75, 3.05) is 65.4 Å². The Morgan fingerprint density at radius 2 is 1.96 bits per heavy atom. The largest absolute Gasteiger partial charge is 0.461 e. The van der Waals surface area contributed by atoms with Gasteiger partial charge >= 0.3 is 6.01 Å². The topological polar surface area (TPSA) is 77.9 Å². The number of carbonyl (C=O) groups excluding carboxylic acids is 1. The van der Waals surface area contributed by atoms with E-state index in [9.17, 15) is 13.6 Å². The Balaban J connectivity index is 1.27. The summed E-state index contributed by atoms with van der Waals surface area (Å²) >= 11 is 0.